The van der Waals surface area contributed by atoms with Crippen LogP contribution in [0.2, 0.25) is 5.02 Å². The van der Waals surface area contributed by atoms with Gasteiger partial charge in [-0.05, 0) is 30.5 Å². The van der Waals surface area contributed by atoms with Crippen molar-refractivity contribution in [2.24, 2.45) is 0 Å². The van der Waals surface area contributed by atoms with Gasteiger partial charge in [-0.15, -0.1) is 0 Å². The van der Waals surface area contributed by atoms with Crippen molar-refractivity contribution in [2.45, 2.75) is 19.8 Å². The first kappa shape index (κ1) is 17.9. The number of hydrogen-bond acceptors (Lipinski definition) is 3. The quantitative estimate of drug-likeness (QED) is 0.787. The van der Waals surface area contributed by atoms with Crippen molar-refractivity contribution in [2.75, 3.05) is 25.9 Å². The summed E-state index contributed by atoms with van der Waals surface area (Å²) in [7, 11) is -3.35. The standard InChI is InChI=1S/C14H21ClN2O3S/c1-3-10-17(21(2,19)20)11-14(18)16-9-8-12-4-6-13(15)7-5-12/h4-7H,3,8-11H2,1-2H3,(H,16,18). The minimum atomic E-state index is -3.35. The molecule has 0 heterocycles. The fourth-order valence-electron chi connectivity index (χ4n) is 1.82. The van der Waals surface area contributed by atoms with Crippen LogP contribution in [-0.4, -0.2) is 44.5 Å². The highest BCUT2D eigenvalue weighted by atomic mass is 35.5. The number of halogens is 1. The predicted molar refractivity (Wildman–Crippen MR) is 84.9 cm³/mol. The number of nitrogens with one attached hydrogen (secondary N) is 1. The van der Waals surface area contributed by atoms with E-state index in [-0.39, 0.29) is 12.5 Å². The van der Waals surface area contributed by atoms with E-state index in [4.69, 9.17) is 11.6 Å². The van der Waals surface area contributed by atoms with Crippen molar-refractivity contribution in [1.82, 2.24) is 9.62 Å². The van der Waals surface area contributed by atoms with Crippen molar-refractivity contribution in [3.8, 4) is 0 Å². The lowest BCUT2D eigenvalue weighted by atomic mass is 10.1. The number of benzene rings is 1. The lowest BCUT2D eigenvalue weighted by Gasteiger charge is -2.18. The Balaban J connectivity index is 2.41. The maximum Gasteiger partial charge on any atom is 0.235 e. The van der Waals surface area contributed by atoms with Crippen LogP contribution in [0.25, 0.3) is 0 Å². The first-order chi connectivity index (χ1) is 9.82. The molecule has 0 saturated carbocycles. The minimum Gasteiger partial charge on any atom is -0.355 e. The van der Waals surface area contributed by atoms with Crippen LogP contribution >= 0.6 is 11.6 Å². The molecule has 0 aliphatic heterocycles. The van der Waals surface area contributed by atoms with Crippen molar-refractivity contribution in [3.63, 3.8) is 0 Å². The molecule has 0 saturated heterocycles. The zero-order chi connectivity index (χ0) is 15.9. The van der Waals surface area contributed by atoms with E-state index in [1.54, 1.807) is 12.1 Å². The van der Waals surface area contributed by atoms with Gasteiger partial charge in [0.2, 0.25) is 15.9 Å². The topological polar surface area (TPSA) is 66.5 Å². The van der Waals surface area contributed by atoms with Gasteiger partial charge in [0.1, 0.15) is 0 Å². The van der Waals surface area contributed by atoms with E-state index in [9.17, 15) is 13.2 Å². The van der Waals surface area contributed by atoms with Gasteiger partial charge in [-0.3, -0.25) is 4.79 Å². The molecule has 0 aliphatic rings. The smallest absolute Gasteiger partial charge is 0.235 e. The van der Waals surface area contributed by atoms with Gasteiger partial charge in [-0.25, -0.2) is 8.42 Å². The highest BCUT2D eigenvalue weighted by molar-refractivity contribution is 7.88. The zero-order valence-corrected chi connectivity index (χ0v) is 13.9. The highest BCUT2D eigenvalue weighted by Crippen LogP contribution is 2.09. The van der Waals surface area contributed by atoms with Gasteiger partial charge in [-0.2, -0.15) is 4.31 Å². The fraction of sp³-hybridized carbons (Fsp3) is 0.500. The number of nitrogens with zero attached hydrogens (tertiary/aromatic N) is 1. The Morgan fingerprint density at radius 3 is 2.43 bits per heavy atom. The second-order valence-electron chi connectivity index (χ2n) is 4.82. The van der Waals surface area contributed by atoms with Gasteiger partial charge in [0.15, 0.2) is 0 Å². The average Bonchev–Trinajstić information content (AvgIpc) is 2.39. The Morgan fingerprint density at radius 1 is 1.29 bits per heavy atom. The molecule has 1 N–H and O–H groups in total. The third-order valence-corrected chi connectivity index (χ3v) is 4.41. The van der Waals surface area contributed by atoms with Crippen LogP contribution in [0.15, 0.2) is 24.3 Å². The Labute approximate surface area is 131 Å². The number of carbonyl (C=O) groups is 1. The summed E-state index contributed by atoms with van der Waals surface area (Å²) in [5, 5.41) is 3.40. The summed E-state index contributed by atoms with van der Waals surface area (Å²) in [6.07, 6.45) is 2.46. The van der Waals surface area contributed by atoms with Gasteiger partial charge in [0.25, 0.3) is 0 Å². The molecule has 1 aromatic carbocycles. The van der Waals surface area contributed by atoms with Crippen LogP contribution in [-0.2, 0) is 21.2 Å². The molecule has 0 radical (unpaired) electrons. The minimum absolute atomic E-state index is 0.132. The number of hydrogen-bond donors (Lipinski definition) is 1. The molecule has 0 aromatic heterocycles. The Kier molecular flexibility index (Phi) is 7.14. The Hall–Kier alpha value is -1.11. The van der Waals surface area contributed by atoms with E-state index in [1.165, 1.54) is 4.31 Å². The third kappa shape index (κ3) is 6.93. The summed E-state index contributed by atoms with van der Waals surface area (Å²) in [5.41, 5.74) is 1.06. The monoisotopic (exact) mass is 332 g/mol. The third-order valence-electron chi connectivity index (χ3n) is 2.91. The average molecular weight is 333 g/mol. The van der Waals surface area contributed by atoms with Gasteiger partial charge in [-0.1, -0.05) is 30.7 Å². The second kappa shape index (κ2) is 8.36. The summed E-state index contributed by atoms with van der Waals surface area (Å²) in [4.78, 5) is 11.8. The van der Waals surface area contributed by atoms with Crippen LogP contribution in [0.4, 0.5) is 0 Å². The molecule has 0 atom stereocenters. The summed E-state index contributed by atoms with van der Waals surface area (Å²) >= 11 is 5.79. The molecule has 1 aromatic rings. The lowest BCUT2D eigenvalue weighted by Crippen LogP contribution is -2.41. The normalized spacial score (nSPS) is 11.6. The maximum absolute atomic E-state index is 11.8. The van der Waals surface area contributed by atoms with Crippen LogP contribution < -0.4 is 5.32 Å². The molecule has 0 fully saturated rings. The van der Waals surface area contributed by atoms with Gasteiger partial charge < -0.3 is 5.32 Å². The second-order valence-corrected chi connectivity index (χ2v) is 7.24. The van der Waals surface area contributed by atoms with Crippen LogP contribution in [0.5, 0.6) is 0 Å². The molecule has 1 rings (SSSR count). The Morgan fingerprint density at radius 2 is 1.90 bits per heavy atom. The van der Waals surface area contributed by atoms with Gasteiger partial charge in [0.05, 0.1) is 12.8 Å². The van der Waals surface area contributed by atoms with Crippen molar-refractivity contribution in [3.05, 3.63) is 34.9 Å². The van der Waals surface area contributed by atoms with Crippen molar-refractivity contribution < 1.29 is 13.2 Å². The largest absolute Gasteiger partial charge is 0.355 e. The van der Waals surface area contributed by atoms with Gasteiger partial charge in [0, 0.05) is 18.1 Å². The summed E-state index contributed by atoms with van der Waals surface area (Å²) in [6.45, 7) is 2.55. The van der Waals surface area contributed by atoms with Gasteiger partial charge >= 0.3 is 0 Å². The predicted octanol–water partition coefficient (Wildman–Crippen LogP) is 1.67. The van der Waals surface area contributed by atoms with Crippen molar-refractivity contribution >= 4 is 27.5 Å². The number of rotatable bonds is 8. The van der Waals surface area contributed by atoms with Crippen LogP contribution in [0.1, 0.15) is 18.9 Å². The molecule has 0 unspecified atom stereocenters. The zero-order valence-electron chi connectivity index (χ0n) is 12.3. The van der Waals surface area contributed by atoms with Crippen LogP contribution in [0, 0.1) is 0 Å². The summed E-state index contributed by atoms with van der Waals surface area (Å²) < 4.78 is 24.2. The molecule has 118 valence electrons. The van der Waals surface area contributed by atoms with E-state index >= 15 is 0 Å². The molecule has 5 nitrogen and oxygen atoms in total. The molecule has 0 spiro atoms. The summed E-state index contributed by atoms with van der Waals surface area (Å²) in [6, 6.07) is 7.39. The molecule has 21 heavy (non-hydrogen) atoms. The van der Waals surface area contributed by atoms with E-state index in [1.807, 2.05) is 19.1 Å². The van der Waals surface area contributed by atoms with Crippen LogP contribution in [0.3, 0.4) is 0 Å². The van der Waals surface area contributed by atoms with E-state index < -0.39 is 10.0 Å². The highest BCUT2D eigenvalue weighted by Gasteiger charge is 2.18. The number of carbonyl (C=O) groups excluding carboxylic acids is 1. The number of sulfonamides is 1. The molecular weight excluding hydrogens is 312 g/mol. The SMILES string of the molecule is CCCN(CC(=O)NCCc1ccc(Cl)cc1)S(C)(=O)=O. The molecule has 0 aliphatic carbocycles. The maximum atomic E-state index is 11.8. The molecular formula is C14H21ClN2O3S. The Bertz CT molecular complexity index is 558. The molecule has 0 bridgehead atoms. The fourth-order valence-corrected chi connectivity index (χ4v) is 2.82. The lowest BCUT2D eigenvalue weighted by molar-refractivity contribution is -0.121. The van der Waals surface area contributed by atoms with E-state index in [0.717, 1.165) is 11.8 Å². The van der Waals surface area contributed by atoms with E-state index in [0.29, 0.717) is 31.0 Å². The van der Waals surface area contributed by atoms with Crippen molar-refractivity contribution in [1.29, 1.82) is 0 Å². The van der Waals surface area contributed by atoms with E-state index in [2.05, 4.69) is 5.32 Å². The number of amides is 1. The first-order valence-electron chi connectivity index (χ1n) is 6.79. The first-order valence-corrected chi connectivity index (χ1v) is 9.02. The molecule has 7 heteroatoms. The molecule has 1 amide bonds. The summed E-state index contributed by atoms with van der Waals surface area (Å²) in [5.74, 6) is -0.289.